The molecule has 0 saturated carbocycles. The second-order valence-corrected chi connectivity index (χ2v) is 3.43. The van der Waals surface area contributed by atoms with Gasteiger partial charge in [-0.05, 0) is 18.3 Å². The third-order valence-electron chi connectivity index (χ3n) is 2.78. The summed E-state index contributed by atoms with van der Waals surface area (Å²) >= 11 is 0. The Balaban J connectivity index is -0.000000720. The number of aliphatic carboxylic acids is 2. The Morgan fingerprint density at radius 2 is 1.33 bits per heavy atom. The van der Waals surface area contributed by atoms with E-state index in [2.05, 4.69) is 0 Å². The molecule has 0 atom stereocenters. The smallest absolute Gasteiger partial charge is 0.549 e. The molecule has 0 aromatic rings. The first kappa shape index (κ1) is 21.2. The summed E-state index contributed by atoms with van der Waals surface area (Å²) in [6.45, 7) is 5.12. The van der Waals surface area contributed by atoms with Crippen molar-refractivity contribution >= 4 is 11.9 Å². The van der Waals surface area contributed by atoms with E-state index in [0.717, 1.165) is 0 Å². The summed E-state index contributed by atoms with van der Waals surface area (Å²) in [4.78, 5) is 21.1. The van der Waals surface area contributed by atoms with Crippen molar-refractivity contribution in [3.05, 3.63) is 0 Å². The number of hydrogen-bond donors (Lipinski definition) is 0. The van der Waals surface area contributed by atoms with E-state index in [1.807, 2.05) is 0 Å². The zero-order chi connectivity index (χ0) is 10.6. The number of hydrogen-bond acceptors (Lipinski definition) is 4. The molecule has 0 spiro atoms. The Bertz CT molecular complexity index is 200. The second kappa shape index (κ2) is 9.02. The van der Waals surface area contributed by atoms with Crippen molar-refractivity contribution in [2.45, 2.75) is 33.6 Å². The van der Waals surface area contributed by atoms with Crippen molar-refractivity contribution in [2.24, 2.45) is 11.3 Å². The van der Waals surface area contributed by atoms with Gasteiger partial charge in [-0.1, -0.05) is 20.8 Å². The van der Waals surface area contributed by atoms with Gasteiger partial charge >= 0.3 is 59.1 Å². The Kier molecular flexibility index (Phi) is 12.8. The first-order valence-corrected chi connectivity index (χ1v) is 4.30. The van der Waals surface area contributed by atoms with Crippen LogP contribution < -0.4 is 69.3 Å². The zero-order valence-electron chi connectivity index (χ0n) is 10.1. The molecule has 0 amide bonds. The number of rotatable bonds is 5. The van der Waals surface area contributed by atoms with E-state index in [9.17, 15) is 19.8 Å². The van der Waals surface area contributed by atoms with E-state index in [-0.39, 0.29) is 59.1 Å². The molecule has 76 valence electrons. The van der Waals surface area contributed by atoms with Gasteiger partial charge in [-0.25, -0.2) is 0 Å². The second-order valence-electron chi connectivity index (χ2n) is 3.43. The Morgan fingerprint density at radius 1 is 1.07 bits per heavy atom. The molecular weight excluding hydrogens is 218 g/mol. The summed E-state index contributed by atoms with van der Waals surface area (Å²) in [6.07, 6.45) is 0.937. The molecule has 15 heavy (non-hydrogen) atoms. The number of carboxylic acids is 2. The summed E-state index contributed by atoms with van der Waals surface area (Å²) in [6, 6.07) is 0. The molecular formula is C9H14Na2O4. The zero-order valence-corrected chi connectivity index (χ0v) is 14.1. The molecule has 0 N–H and O–H groups in total. The fourth-order valence-corrected chi connectivity index (χ4v) is 1.32. The van der Waals surface area contributed by atoms with E-state index < -0.39 is 23.3 Å². The van der Waals surface area contributed by atoms with Crippen LogP contribution in [0.2, 0.25) is 0 Å². The molecule has 0 radical (unpaired) electrons. The van der Waals surface area contributed by atoms with E-state index in [1.54, 1.807) is 20.8 Å². The van der Waals surface area contributed by atoms with Crippen LogP contribution in [-0.2, 0) is 9.59 Å². The van der Waals surface area contributed by atoms with Crippen molar-refractivity contribution in [3.8, 4) is 0 Å². The van der Waals surface area contributed by atoms with Crippen LogP contribution >= 0.6 is 0 Å². The minimum absolute atomic E-state index is 0. The SMILES string of the molecule is CCC(C)(CC)C(C(=O)[O-])C(=O)[O-].[Na+].[Na+]. The summed E-state index contributed by atoms with van der Waals surface area (Å²) in [5.41, 5.74) is -0.780. The van der Waals surface area contributed by atoms with Crippen LogP contribution in [0.4, 0.5) is 0 Å². The van der Waals surface area contributed by atoms with Gasteiger partial charge in [0.05, 0.1) is 11.9 Å². The van der Waals surface area contributed by atoms with Crippen LogP contribution in [0.5, 0.6) is 0 Å². The topological polar surface area (TPSA) is 80.3 Å². The first-order chi connectivity index (χ1) is 5.89. The van der Waals surface area contributed by atoms with Crippen molar-refractivity contribution in [3.63, 3.8) is 0 Å². The van der Waals surface area contributed by atoms with E-state index in [0.29, 0.717) is 12.8 Å². The molecule has 0 bridgehead atoms. The van der Waals surface area contributed by atoms with Crippen LogP contribution in [0, 0.1) is 11.3 Å². The quantitative estimate of drug-likeness (QED) is 0.348. The molecule has 0 aliphatic rings. The molecule has 0 unspecified atom stereocenters. The van der Waals surface area contributed by atoms with Gasteiger partial charge in [0, 0.05) is 5.92 Å². The average molecular weight is 232 g/mol. The average Bonchev–Trinajstić information content (AvgIpc) is 2.02. The van der Waals surface area contributed by atoms with Crippen molar-refractivity contribution in [1.29, 1.82) is 0 Å². The largest absolute Gasteiger partial charge is 1.00 e. The standard InChI is InChI=1S/C9H16O4.2Na/c1-4-9(3,5-2)6(7(10)11)8(12)13;;/h6H,4-5H2,1-3H3,(H,10,11)(H,12,13);;/q;2*+1/p-2. The van der Waals surface area contributed by atoms with E-state index in [1.165, 1.54) is 0 Å². The molecule has 0 aromatic heterocycles. The summed E-state index contributed by atoms with van der Waals surface area (Å²) in [7, 11) is 0. The van der Waals surface area contributed by atoms with Gasteiger partial charge in [0.25, 0.3) is 0 Å². The monoisotopic (exact) mass is 232 g/mol. The molecule has 0 fully saturated rings. The molecule has 0 aliphatic carbocycles. The first-order valence-electron chi connectivity index (χ1n) is 4.30. The van der Waals surface area contributed by atoms with E-state index >= 15 is 0 Å². The predicted octanol–water partition coefficient (Wildman–Crippen LogP) is -7.06. The molecule has 0 aromatic carbocycles. The summed E-state index contributed by atoms with van der Waals surface area (Å²) < 4.78 is 0. The van der Waals surface area contributed by atoms with Gasteiger partial charge in [-0.3, -0.25) is 0 Å². The molecule has 0 saturated heterocycles. The van der Waals surface area contributed by atoms with Crippen molar-refractivity contribution in [1.82, 2.24) is 0 Å². The van der Waals surface area contributed by atoms with Gasteiger partial charge in [0.15, 0.2) is 0 Å². The van der Waals surface area contributed by atoms with E-state index in [4.69, 9.17) is 0 Å². The minimum Gasteiger partial charge on any atom is -0.549 e. The minimum atomic E-state index is -1.56. The Morgan fingerprint density at radius 3 is 1.40 bits per heavy atom. The van der Waals surface area contributed by atoms with Crippen LogP contribution in [0.3, 0.4) is 0 Å². The maximum atomic E-state index is 10.6. The summed E-state index contributed by atoms with van der Waals surface area (Å²) in [5.74, 6) is -4.65. The normalized spacial score (nSPS) is 10.1. The summed E-state index contributed by atoms with van der Waals surface area (Å²) in [5, 5.41) is 21.1. The fraction of sp³-hybridized carbons (Fsp3) is 0.778. The van der Waals surface area contributed by atoms with Crippen LogP contribution in [-0.4, -0.2) is 11.9 Å². The third-order valence-corrected chi connectivity index (χ3v) is 2.78. The Hall–Kier alpha value is 0.940. The number of carbonyl (C=O) groups excluding carboxylic acids is 2. The van der Waals surface area contributed by atoms with Crippen molar-refractivity contribution in [2.75, 3.05) is 0 Å². The maximum Gasteiger partial charge on any atom is 1.00 e. The van der Waals surface area contributed by atoms with Crippen LogP contribution in [0.1, 0.15) is 33.6 Å². The van der Waals surface area contributed by atoms with Gasteiger partial charge < -0.3 is 19.8 Å². The van der Waals surface area contributed by atoms with Gasteiger partial charge in [0.1, 0.15) is 0 Å². The fourth-order valence-electron chi connectivity index (χ4n) is 1.32. The van der Waals surface area contributed by atoms with Crippen molar-refractivity contribution < 1.29 is 78.9 Å². The maximum absolute atomic E-state index is 10.6. The molecule has 6 heteroatoms. The number of carboxylic acid groups (broad SMARTS) is 2. The molecule has 0 aliphatic heterocycles. The molecule has 0 heterocycles. The van der Waals surface area contributed by atoms with Gasteiger partial charge in [0.2, 0.25) is 0 Å². The van der Waals surface area contributed by atoms with Crippen LogP contribution in [0.15, 0.2) is 0 Å². The van der Waals surface area contributed by atoms with Gasteiger partial charge in [-0.15, -0.1) is 0 Å². The predicted molar refractivity (Wildman–Crippen MR) is 42.2 cm³/mol. The molecule has 4 nitrogen and oxygen atoms in total. The Labute approximate surface area is 134 Å². The number of carbonyl (C=O) groups is 2. The third kappa shape index (κ3) is 5.71. The van der Waals surface area contributed by atoms with Crippen LogP contribution in [0.25, 0.3) is 0 Å². The van der Waals surface area contributed by atoms with Gasteiger partial charge in [-0.2, -0.15) is 0 Å². The molecule has 0 rings (SSSR count).